The van der Waals surface area contributed by atoms with Crippen molar-refractivity contribution in [3.05, 3.63) is 46.5 Å². The molecule has 1 aromatic heterocycles. The number of H-pyrrole nitrogens is 1. The van der Waals surface area contributed by atoms with Crippen LogP contribution in [0, 0.1) is 6.92 Å². The van der Waals surface area contributed by atoms with Gasteiger partial charge in [-0.25, -0.2) is 4.98 Å². The molecule has 0 bridgehead atoms. The molecule has 0 aliphatic rings. The minimum Gasteiger partial charge on any atom is -0.379 e. The molecule has 0 saturated carbocycles. The number of aromatic nitrogens is 2. The number of aryl methyl sites for hydroxylation is 1. The van der Waals surface area contributed by atoms with E-state index in [1.54, 1.807) is 25.4 Å². The zero-order valence-corrected chi connectivity index (χ0v) is 11.5. The largest absolute Gasteiger partial charge is 0.379 e. The maximum absolute atomic E-state index is 11.6. The van der Waals surface area contributed by atoms with Gasteiger partial charge in [-0.15, -0.1) is 0 Å². The van der Waals surface area contributed by atoms with Gasteiger partial charge < -0.3 is 15.6 Å². The lowest BCUT2D eigenvalue weighted by molar-refractivity contribution is 0.0963. The number of anilines is 1. The summed E-state index contributed by atoms with van der Waals surface area (Å²) in [6.07, 6.45) is 1.78. The zero-order chi connectivity index (χ0) is 13.8. The summed E-state index contributed by atoms with van der Waals surface area (Å²) < 4.78 is 0. The lowest BCUT2D eigenvalue weighted by Crippen LogP contribution is -2.18. The standard InChI is InChI=1S/C13H15ClN4O/c1-8-16-6-10(18-8)7-17-9-3-4-12(14)11(5-9)13(19)15-2/h3-6,17H,7H2,1-2H3,(H,15,19)(H,16,18). The molecule has 100 valence electrons. The van der Waals surface area contributed by atoms with Gasteiger partial charge in [0.05, 0.1) is 29.0 Å². The average Bonchev–Trinajstić information content (AvgIpc) is 2.83. The first-order chi connectivity index (χ1) is 9.10. The van der Waals surface area contributed by atoms with Gasteiger partial charge in [0.1, 0.15) is 5.82 Å². The lowest BCUT2D eigenvalue weighted by atomic mass is 10.2. The van der Waals surface area contributed by atoms with Crippen LogP contribution in [0.1, 0.15) is 21.9 Å². The van der Waals surface area contributed by atoms with Crippen molar-refractivity contribution in [2.24, 2.45) is 0 Å². The molecule has 1 heterocycles. The van der Waals surface area contributed by atoms with Crippen LogP contribution in [0.4, 0.5) is 5.69 Å². The highest BCUT2D eigenvalue weighted by Crippen LogP contribution is 2.20. The molecule has 1 aromatic carbocycles. The van der Waals surface area contributed by atoms with Crippen molar-refractivity contribution in [1.29, 1.82) is 0 Å². The molecule has 0 saturated heterocycles. The fraction of sp³-hybridized carbons (Fsp3) is 0.231. The van der Waals surface area contributed by atoms with Gasteiger partial charge in [-0.1, -0.05) is 11.6 Å². The van der Waals surface area contributed by atoms with Crippen molar-refractivity contribution in [2.75, 3.05) is 12.4 Å². The summed E-state index contributed by atoms with van der Waals surface area (Å²) in [4.78, 5) is 18.9. The molecular weight excluding hydrogens is 264 g/mol. The van der Waals surface area contributed by atoms with E-state index in [1.165, 1.54) is 0 Å². The summed E-state index contributed by atoms with van der Waals surface area (Å²) in [5.41, 5.74) is 2.26. The number of aromatic amines is 1. The van der Waals surface area contributed by atoms with Gasteiger partial charge in [-0.3, -0.25) is 4.79 Å². The molecule has 0 spiro atoms. The monoisotopic (exact) mass is 278 g/mol. The molecule has 0 atom stereocenters. The number of carbonyl (C=O) groups excluding carboxylic acids is 1. The first kappa shape index (κ1) is 13.4. The maximum atomic E-state index is 11.6. The Balaban J connectivity index is 2.10. The molecular formula is C13H15ClN4O. The molecule has 2 aromatic rings. The third kappa shape index (κ3) is 3.26. The number of carbonyl (C=O) groups is 1. The summed E-state index contributed by atoms with van der Waals surface area (Å²) >= 11 is 5.99. The normalized spacial score (nSPS) is 10.3. The third-order valence-corrected chi connectivity index (χ3v) is 3.01. The number of nitrogens with zero attached hydrogens (tertiary/aromatic N) is 1. The van der Waals surface area contributed by atoms with E-state index in [1.807, 2.05) is 13.0 Å². The zero-order valence-electron chi connectivity index (χ0n) is 10.7. The van der Waals surface area contributed by atoms with Gasteiger partial charge in [0.2, 0.25) is 0 Å². The molecule has 6 heteroatoms. The second kappa shape index (κ2) is 5.75. The fourth-order valence-electron chi connectivity index (χ4n) is 1.70. The first-order valence-electron chi connectivity index (χ1n) is 5.86. The van der Waals surface area contributed by atoms with Crippen molar-refractivity contribution < 1.29 is 4.79 Å². The molecule has 0 aliphatic carbocycles. The van der Waals surface area contributed by atoms with Crippen LogP contribution in [-0.4, -0.2) is 22.9 Å². The van der Waals surface area contributed by atoms with E-state index < -0.39 is 0 Å². The Kier molecular flexibility index (Phi) is 4.06. The molecule has 3 N–H and O–H groups in total. The molecule has 19 heavy (non-hydrogen) atoms. The van der Waals surface area contributed by atoms with E-state index in [-0.39, 0.29) is 5.91 Å². The Morgan fingerprint density at radius 1 is 1.47 bits per heavy atom. The van der Waals surface area contributed by atoms with Crippen LogP contribution in [0.5, 0.6) is 0 Å². The van der Waals surface area contributed by atoms with Crippen LogP contribution >= 0.6 is 11.6 Å². The van der Waals surface area contributed by atoms with Crippen molar-refractivity contribution in [2.45, 2.75) is 13.5 Å². The van der Waals surface area contributed by atoms with Crippen LogP contribution in [0.2, 0.25) is 5.02 Å². The summed E-state index contributed by atoms with van der Waals surface area (Å²) in [5.74, 6) is 0.671. The highest BCUT2D eigenvalue weighted by Gasteiger charge is 2.09. The highest BCUT2D eigenvalue weighted by molar-refractivity contribution is 6.34. The number of hydrogen-bond donors (Lipinski definition) is 3. The number of benzene rings is 1. The van der Waals surface area contributed by atoms with Gasteiger partial charge >= 0.3 is 0 Å². The Bertz CT molecular complexity index is 594. The Morgan fingerprint density at radius 2 is 2.26 bits per heavy atom. The number of amides is 1. The summed E-state index contributed by atoms with van der Waals surface area (Å²) in [7, 11) is 1.58. The maximum Gasteiger partial charge on any atom is 0.252 e. The van der Waals surface area contributed by atoms with Crippen LogP contribution in [0.15, 0.2) is 24.4 Å². The van der Waals surface area contributed by atoms with Gasteiger partial charge in [0, 0.05) is 12.7 Å². The van der Waals surface area contributed by atoms with Crippen LogP contribution in [0.25, 0.3) is 0 Å². The predicted molar refractivity (Wildman–Crippen MR) is 75.5 cm³/mol. The molecule has 0 fully saturated rings. The number of nitrogens with one attached hydrogen (secondary N) is 3. The summed E-state index contributed by atoms with van der Waals surface area (Å²) in [5, 5.41) is 6.20. The van der Waals surface area contributed by atoms with Crippen LogP contribution in [-0.2, 0) is 6.54 Å². The first-order valence-corrected chi connectivity index (χ1v) is 6.24. The average molecular weight is 279 g/mol. The number of halogens is 1. The van der Waals surface area contributed by atoms with E-state index in [9.17, 15) is 4.79 Å². The minimum absolute atomic E-state index is 0.203. The van der Waals surface area contributed by atoms with Crippen LogP contribution in [0.3, 0.4) is 0 Å². The van der Waals surface area contributed by atoms with E-state index >= 15 is 0 Å². The Hall–Kier alpha value is -2.01. The molecule has 1 amide bonds. The predicted octanol–water partition coefficient (Wildman–Crippen LogP) is 2.34. The molecule has 0 aliphatic heterocycles. The number of hydrogen-bond acceptors (Lipinski definition) is 3. The van der Waals surface area contributed by atoms with Crippen molar-refractivity contribution in [1.82, 2.24) is 15.3 Å². The molecule has 2 rings (SSSR count). The van der Waals surface area contributed by atoms with Gasteiger partial charge in [-0.05, 0) is 25.1 Å². The SMILES string of the molecule is CNC(=O)c1cc(NCc2cnc(C)[nH]2)ccc1Cl. The molecule has 5 nitrogen and oxygen atoms in total. The second-order valence-electron chi connectivity index (χ2n) is 4.12. The second-order valence-corrected chi connectivity index (χ2v) is 4.53. The van der Waals surface area contributed by atoms with Gasteiger partial charge in [0.15, 0.2) is 0 Å². The summed E-state index contributed by atoms with van der Waals surface area (Å²) in [6, 6.07) is 5.26. The fourth-order valence-corrected chi connectivity index (χ4v) is 1.91. The van der Waals surface area contributed by atoms with E-state index in [4.69, 9.17) is 11.6 Å². The number of rotatable bonds is 4. The Labute approximate surface area is 116 Å². The third-order valence-electron chi connectivity index (χ3n) is 2.68. The minimum atomic E-state index is -0.203. The number of imidazole rings is 1. The quantitative estimate of drug-likeness (QED) is 0.804. The molecule has 0 radical (unpaired) electrons. The Morgan fingerprint density at radius 3 is 2.89 bits per heavy atom. The van der Waals surface area contributed by atoms with Crippen molar-refractivity contribution in [3.8, 4) is 0 Å². The van der Waals surface area contributed by atoms with Crippen molar-refractivity contribution >= 4 is 23.2 Å². The van der Waals surface area contributed by atoms with E-state index in [0.29, 0.717) is 17.1 Å². The highest BCUT2D eigenvalue weighted by atomic mass is 35.5. The lowest BCUT2D eigenvalue weighted by Gasteiger charge is -2.08. The van der Waals surface area contributed by atoms with E-state index in [2.05, 4.69) is 20.6 Å². The summed E-state index contributed by atoms with van der Waals surface area (Å²) in [6.45, 7) is 2.51. The van der Waals surface area contributed by atoms with Gasteiger partial charge in [0.25, 0.3) is 5.91 Å². The van der Waals surface area contributed by atoms with Crippen molar-refractivity contribution in [3.63, 3.8) is 0 Å². The molecule has 0 unspecified atom stereocenters. The van der Waals surface area contributed by atoms with Crippen LogP contribution < -0.4 is 10.6 Å². The smallest absolute Gasteiger partial charge is 0.252 e. The van der Waals surface area contributed by atoms with E-state index in [0.717, 1.165) is 17.2 Å². The topological polar surface area (TPSA) is 69.8 Å². The van der Waals surface area contributed by atoms with Gasteiger partial charge in [-0.2, -0.15) is 0 Å².